The molecule has 0 aliphatic carbocycles. The van der Waals surface area contributed by atoms with E-state index >= 15 is 0 Å². The van der Waals surface area contributed by atoms with E-state index in [1.165, 1.54) is 19.2 Å². The molecule has 0 spiro atoms. The molecule has 1 N–H and O–H groups in total. The normalized spacial score (nSPS) is 11.2. The molecule has 0 aliphatic heterocycles. The van der Waals surface area contributed by atoms with Crippen LogP contribution in [-0.2, 0) is 16.0 Å². The van der Waals surface area contributed by atoms with Crippen molar-refractivity contribution in [3.63, 3.8) is 0 Å². The van der Waals surface area contributed by atoms with Gasteiger partial charge in [0.05, 0.1) is 24.9 Å². The number of carbonyl (C=O) groups is 1. The number of aryl methyl sites for hydroxylation is 1. The van der Waals surface area contributed by atoms with E-state index < -0.39 is 5.97 Å². The Balaban J connectivity index is 2.06. The van der Waals surface area contributed by atoms with Gasteiger partial charge in [0.1, 0.15) is 11.4 Å². The number of rotatable bonds is 4. The van der Waals surface area contributed by atoms with Crippen molar-refractivity contribution in [2.45, 2.75) is 13.3 Å². The molecule has 24 heavy (non-hydrogen) atoms. The second-order valence-electron chi connectivity index (χ2n) is 5.24. The molecule has 3 aromatic rings. The first-order chi connectivity index (χ1) is 11.6. The molecule has 0 aliphatic rings. The number of azo groups is 1. The SMILES string of the molecule is COC(=O)Cc1nc2c(C)cccn2c1N=Nc1ccc(O)cc1. The van der Waals surface area contributed by atoms with E-state index in [4.69, 9.17) is 4.74 Å². The molecule has 0 saturated carbocycles. The van der Waals surface area contributed by atoms with Gasteiger partial charge in [-0.3, -0.25) is 9.20 Å². The van der Waals surface area contributed by atoms with Gasteiger partial charge in [-0.2, -0.15) is 0 Å². The summed E-state index contributed by atoms with van der Waals surface area (Å²) in [5.41, 5.74) is 2.77. The van der Waals surface area contributed by atoms with Crippen LogP contribution in [-0.4, -0.2) is 27.6 Å². The highest BCUT2D eigenvalue weighted by molar-refractivity contribution is 5.74. The van der Waals surface area contributed by atoms with E-state index in [0.29, 0.717) is 17.2 Å². The number of esters is 1. The highest BCUT2D eigenvalue weighted by Gasteiger charge is 2.16. The Morgan fingerprint density at radius 1 is 1.25 bits per heavy atom. The van der Waals surface area contributed by atoms with Crippen LogP contribution in [0.15, 0.2) is 52.8 Å². The zero-order valence-corrected chi connectivity index (χ0v) is 13.3. The fraction of sp³-hybridized carbons (Fsp3) is 0.176. The van der Waals surface area contributed by atoms with Crippen molar-refractivity contribution in [1.29, 1.82) is 0 Å². The number of hydrogen-bond acceptors (Lipinski definition) is 6. The third-order valence-electron chi connectivity index (χ3n) is 3.54. The smallest absolute Gasteiger partial charge is 0.311 e. The van der Waals surface area contributed by atoms with Gasteiger partial charge in [0.25, 0.3) is 0 Å². The minimum atomic E-state index is -0.392. The number of benzene rings is 1. The van der Waals surface area contributed by atoms with Gasteiger partial charge in [-0.25, -0.2) is 4.98 Å². The predicted octanol–water partition coefficient (Wildman–Crippen LogP) is 3.48. The van der Waals surface area contributed by atoms with Crippen LogP contribution in [0.4, 0.5) is 11.5 Å². The molecule has 0 unspecified atom stereocenters. The van der Waals surface area contributed by atoms with Gasteiger partial charge < -0.3 is 9.84 Å². The number of pyridine rings is 1. The van der Waals surface area contributed by atoms with Crippen molar-refractivity contribution >= 4 is 23.1 Å². The van der Waals surface area contributed by atoms with Crippen molar-refractivity contribution in [2.75, 3.05) is 7.11 Å². The average molecular weight is 324 g/mol. The monoisotopic (exact) mass is 324 g/mol. The van der Waals surface area contributed by atoms with E-state index in [1.807, 2.05) is 25.3 Å². The number of carbonyl (C=O) groups excluding carboxylic acids is 1. The lowest BCUT2D eigenvalue weighted by Crippen LogP contribution is -2.04. The maximum Gasteiger partial charge on any atom is 0.311 e. The number of nitrogens with zero attached hydrogens (tertiary/aromatic N) is 4. The second-order valence-corrected chi connectivity index (χ2v) is 5.24. The Bertz CT molecular complexity index is 913. The Kier molecular flexibility index (Phi) is 4.24. The second kappa shape index (κ2) is 6.49. The number of hydrogen-bond donors (Lipinski definition) is 1. The zero-order chi connectivity index (χ0) is 17.1. The topological polar surface area (TPSA) is 88.5 Å². The lowest BCUT2D eigenvalue weighted by Gasteiger charge is -1.99. The molecular formula is C17H16N4O3. The van der Waals surface area contributed by atoms with E-state index in [-0.39, 0.29) is 12.2 Å². The molecule has 1 aromatic carbocycles. The van der Waals surface area contributed by atoms with Crippen LogP contribution in [0.5, 0.6) is 5.75 Å². The molecule has 0 radical (unpaired) electrons. The average Bonchev–Trinajstić information content (AvgIpc) is 2.93. The lowest BCUT2D eigenvalue weighted by molar-refractivity contribution is -0.139. The van der Waals surface area contributed by atoms with Crippen LogP contribution in [0.2, 0.25) is 0 Å². The summed E-state index contributed by atoms with van der Waals surface area (Å²) in [6, 6.07) is 10.2. The van der Waals surface area contributed by atoms with Crippen LogP contribution in [0.3, 0.4) is 0 Å². The molecule has 0 atom stereocenters. The van der Waals surface area contributed by atoms with Gasteiger partial charge in [0.2, 0.25) is 0 Å². The van der Waals surface area contributed by atoms with Gasteiger partial charge >= 0.3 is 5.97 Å². The van der Waals surface area contributed by atoms with Crippen molar-refractivity contribution < 1.29 is 14.6 Å². The van der Waals surface area contributed by atoms with Crippen LogP contribution >= 0.6 is 0 Å². The molecule has 2 aromatic heterocycles. The third kappa shape index (κ3) is 3.10. The van der Waals surface area contributed by atoms with Crippen molar-refractivity contribution in [1.82, 2.24) is 9.38 Å². The standard InChI is InChI=1S/C17H16N4O3/c1-11-4-3-9-21-16(11)18-14(10-15(23)24-2)17(21)20-19-12-5-7-13(22)8-6-12/h3-9,22H,10H2,1-2H3. The molecule has 122 valence electrons. The molecule has 7 nitrogen and oxygen atoms in total. The van der Waals surface area contributed by atoms with Crippen LogP contribution in [0.1, 0.15) is 11.3 Å². The van der Waals surface area contributed by atoms with Crippen LogP contribution in [0, 0.1) is 6.92 Å². The largest absolute Gasteiger partial charge is 0.508 e. The quantitative estimate of drug-likeness (QED) is 0.588. The summed E-state index contributed by atoms with van der Waals surface area (Å²) in [7, 11) is 1.33. The molecule has 0 fully saturated rings. The first-order valence-electron chi connectivity index (χ1n) is 7.32. The first kappa shape index (κ1) is 15.7. The maximum absolute atomic E-state index is 11.6. The fourth-order valence-electron chi connectivity index (χ4n) is 2.30. The Morgan fingerprint density at radius 3 is 2.71 bits per heavy atom. The molecule has 0 amide bonds. The Labute approximate surface area is 138 Å². The third-order valence-corrected chi connectivity index (χ3v) is 3.54. The molecule has 0 bridgehead atoms. The van der Waals surface area contributed by atoms with Crippen molar-refractivity contribution in [2.24, 2.45) is 10.2 Å². The summed E-state index contributed by atoms with van der Waals surface area (Å²) in [6.45, 7) is 1.94. The number of aromatic nitrogens is 2. The van der Waals surface area contributed by atoms with E-state index in [9.17, 15) is 9.90 Å². The molecular weight excluding hydrogens is 308 g/mol. The first-order valence-corrected chi connectivity index (χ1v) is 7.32. The van der Waals surface area contributed by atoms with Gasteiger partial charge in [0, 0.05) is 6.20 Å². The summed E-state index contributed by atoms with van der Waals surface area (Å²) in [5, 5.41) is 17.7. The number of ether oxygens (including phenoxy) is 1. The highest BCUT2D eigenvalue weighted by atomic mass is 16.5. The van der Waals surface area contributed by atoms with Crippen molar-refractivity contribution in [3.05, 3.63) is 53.9 Å². The molecule has 2 heterocycles. The van der Waals surface area contributed by atoms with Crippen molar-refractivity contribution in [3.8, 4) is 5.75 Å². The number of methoxy groups -OCH3 is 1. The van der Waals surface area contributed by atoms with Gasteiger partial charge in [0.15, 0.2) is 5.82 Å². The minimum absolute atomic E-state index is 0.0154. The fourth-order valence-corrected chi connectivity index (χ4v) is 2.30. The molecule has 7 heteroatoms. The summed E-state index contributed by atoms with van der Waals surface area (Å²) < 4.78 is 6.51. The van der Waals surface area contributed by atoms with E-state index in [1.54, 1.807) is 16.5 Å². The van der Waals surface area contributed by atoms with Gasteiger partial charge in [-0.15, -0.1) is 10.2 Å². The Morgan fingerprint density at radius 2 is 2.00 bits per heavy atom. The summed E-state index contributed by atoms with van der Waals surface area (Å²) in [6.07, 6.45) is 1.84. The summed E-state index contributed by atoms with van der Waals surface area (Å²) in [4.78, 5) is 16.1. The number of phenols is 1. The van der Waals surface area contributed by atoms with Crippen LogP contribution in [0.25, 0.3) is 5.65 Å². The zero-order valence-electron chi connectivity index (χ0n) is 13.3. The number of fused-ring (bicyclic) bond motifs is 1. The van der Waals surface area contributed by atoms with Gasteiger partial charge in [-0.05, 0) is 42.8 Å². The minimum Gasteiger partial charge on any atom is -0.508 e. The number of phenolic OH excluding ortho intramolecular Hbond substituents is 1. The molecule has 3 rings (SSSR count). The summed E-state index contributed by atoms with van der Waals surface area (Å²) >= 11 is 0. The Hall–Kier alpha value is -3.22. The predicted molar refractivity (Wildman–Crippen MR) is 87.9 cm³/mol. The highest BCUT2D eigenvalue weighted by Crippen LogP contribution is 2.26. The maximum atomic E-state index is 11.6. The van der Waals surface area contributed by atoms with E-state index in [2.05, 4.69) is 15.2 Å². The number of imidazole rings is 1. The van der Waals surface area contributed by atoms with E-state index in [0.717, 1.165) is 11.2 Å². The van der Waals surface area contributed by atoms with Crippen LogP contribution < -0.4 is 0 Å². The molecule has 0 saturated heterocycles. The van der Waals surface area contributed by atoms with Gasteiger partial charge in [-0.1, -0.05) is 6.07 Å². The number of aromatic hydroxyl groups is 1. The summed E-state index contributed by atoms with van der Waals surface area (Å²) in [5.74, 6) is 0.245. The lowest BCUT2D eigenvalue weighted by atomic mass is 10.3.